The highest BCUT2D eigenvalue weighted by molar-refractivity contribution is 5.96. The summed E-state index contributed by atoms with van der Waals surface area (Å²) in [6.45, 7) is 3.44. The first kappa shape index (κ1) is 32.8. The minimum atomic E-state index is -0.873. The minimum Gasteiger partial charge on any atom is -0.460 e. The van der Waals surface area contributed by atoms with Crippen LogP contribution in [-0.2, 0) is 28.5 Å². The van der Waals surface area contributed by atoms with Gasteiger partial charge in [-0.1, -0.05) is 36.4 Å². The van der Waals surface area contributed by atoms with E-state index >= 15 is 0 Å². The maximum absolute atomic E-state index is 13.0. The third kappa shape index (κ3) is 8.10. The highest BCUT2D eigenvalue weighted by Gasteiger charge is 2.35. The second kappa shape index (κ2) is 15.6. The van der Waals surface area contributed by atoms with Crippen LogP contribution in [0.5, 0.6) is 11.5 Å². The van der Waals surface area contributed by atoms with Gasteiger partial charge < -0.3 is 49.7 Å². The molecule has 240 valence electrons. The molecule has 2 heterocycles. The monoisotopic (exact) mass is 624 g/mol. The predicted molar refractivity (Wildman–Crippen MR) is 159 cm³/mol. The van der Waals surface area contributed by atoms with Crippen molar-refractivity contribution in [2.45, 2.75) is 25.9 Å². The van der Waals surface area contributed by atoms with Crippen molar-refractivity contribution in [2.75, 3.05) is 47.4 Å². The van der Waals surface area contributed by atoms with Gasteiger partial charge in [-0.15, -0.1) is 0 Å². The van der Waals surface area contributed by atoms with Gasteiger partial charge in [0, 0.05) is 36.7 Å². The molecular formula is C31H36N4O10. The second-order valence-corrected chi connectivity index (χ2v) is 9.88. The third-order valence-corrected chi connectivity index (χ3v) is 6.91. The Kier molecular flexibility index (Phi) is 11.4. The van der Waals surface area contributed by atoms with Crippen LogP contribution < -0.4 is 30.7 Å². The van der Waals surface area contributed by atoms with Crippen molar-refractivity contribution >= 4 is 24.0 Å². The summed E-state index contributed by atoms with van der Waals surface area (Å²) in [4.78, 5) is 50.8. The summed E-state index contributed by atoms with van der Waals surface area (Å²) in [7, 11) is 2.99. The number of urea groups is 2. The Bertz CT molecular complexity index is 1380. The molecule has 14 heteroatoms. The molecule has 2 aliphatic heterocycles. The Morgan fingerprint density at radius 1 is 0.644 bits per heavy atom. The van der Waals surface area contributed by atoms with Gasteiger partial charge in [-0.3, -0.25) is 0 Å². The van der Waals surface area contributed by atoms with Crippen molar-refractivity contribution in [3.8, 4) is 11.5 Å². The molecule has 0 fully saturated rings. The van der Waals surface area contributed by atoms with Crippen LogP contribution in [0.3, 0.4) is 0 Å². The number of esters is 2. The van der Waals surface area contributed by atoms with Gasteiger partial charge in [0.1, 0.15) is 24.7 Å². The van der Waals surface area contributed by atoms with Crippen LogP contribution in [0.4, 0.5) is 9.59 Å². The van der Waals surface area contributed by atoms with Gasteiger partial charge in [0.05, 0.1) is 36.4 Å². The Labute approximate surface area is 260 Å². The molecule has 4 rings (SSSR count). The molecule has 0 saturated heterocycles. The van der Waals surface area contributed by atoms with Gasteiger partial charge in [-0.25, -0.2) is 19.2 Å². The van der Waals surface area contributed by atoms with Crippen molar-refractivity contribution < 1.29 is 47.6 Å². The van der Waals surface area contributed by atoms with Gasteiger partial charge in [-0.2, -0.15) is 0 Å². The largest absolute Gasteiger partial charge is 0.460 e. The van der Waals surface area contributed by atoms with E-state index in [0.29, 0.717) is 34.0 Å². The normalized spacial score (nSPS) is 17.9. The second-order valence-electron chi connectivity index (χ2n) is 9.88. The summed E-state index contributed by atoms with van der Waals surface area (Å²) >= 11 is 0. The van der Waals surface area contributed by atoms with Crippen molar-refractivity contribution in [1.29, 1.82) is 0 Å². The molecule has 2 aromatic carbocycles. The number of para-hydroxylation sites is 2. The van der Waals surface area contributed by atoms with E-state index in [9.17, 15) is 19.2 Å². The fraction of sp³-hybridized carbons (Fsp3) is 0.355. The molecular weight excluding hydrogens is 588 g/mol. The standard InChI is InChI=1S/C31H36N4O10/c1-18-24(28(36)42-15-13-40-3)26(34-30(38)32-18)20-9-5-7-11-22(20)44-17-45-23-12-8-6-10-21(23)27-25(19(2)33-31(39)35-27)29(37)43-16-14-41-4/h5-12,26-27H,13-17H2,1-4H3,(H2,32,34,38)(H2,33,35,39). The van der Waals surface area contributed by atoms with Crippen molar-refractivity contribution in [1.82, 2.24) is 21.3 Å². The molecule has 2 aromatic rings. The number of carbonyl (C=O) groups excluding carboxylic acids is 4. The molecule has 0 bridgehead atoms. The Balaban J connectivity index is 1.55. The average Bonchev–Trinajstić information content (AvgIpc) is 3.01. The summed E-state index contributed by atoms with van der Waals surface area (Å²) in [6, 6.07) is 11.0. The number of amides is 4. The van der Waals surface area contributed by atoms with E-state index in [-0.39, 0.29) is 44.4 Å². The first-order valence-electron chi connectivity index (χ1n) is 14.1. The lowest BCUT2D eigenvalue weighted by molar-refractivity contribution is -0.141. The third-order valence-electron chi connectivity index (χ3n) is 6.91. The maximum Gasteiger partial charge on any atom is 0.338 e. The highest BCUT2D eigenvalue weighted by Crippen LogP contribution is 2.35. The predicted octanol–water partition coefficient (Wildman–Crippen LogP) is 2.74. The quantitative estimate of drug-likeness (QED) is 0.139. The van der Waals surface area contributed by atoms with Gasteiger partial charge in [0.2, 0.25) is 6.79 Å². The molecule has 0 aromatic heterocycles. The number of nitrogens with one attached hydrogen (secondary N) is 4. The minimum absolute atomic E-state index is 0.0387. The molecule has 2 unspecified atom stereocenters. The lowest BCUT2D eigenvalue weighted by Crippen LogP contribution is -2.45. The maximum atomic E-state index is 13.0. The van der Waals surface area contributed by atoms with Gasteiger partial charge in [-0.05, 0) is 26.0 Å². The van der Waals surface area contributed by atoms with Crippen LogP contribution in [0.2, 0.25) is 0 Å². The van der Waals surface area contributed by atoms with Crippen LogP contribution >= 0.6 is 0 Å². The van der Waals surface area contributed by atoms with Crippen LogP contribution in [0.1, 0.15) is 37.1 Å². The lowest BCUT2D eigenvalue weighted by atomic mass is 9.95. The molecule has 0 aliphatic carbocycles. The van der Waals surface area contributed by atoms with Crippen molar-refractivity contribution in [3.05, 3.63) is 82.2 Å². The topological polar surface area (TPSA) is 172 Å². The highest BCUT2D eigenvalue weighted by atomic mass is 16.7. The molecule has 2 aliphatic rings. The molecule has 2 atom stereocenters. The number of methoxy groups -OCH3 is 2. The van der Waals surface area contributed by atoms with Crippen LogP contribution in [0, 0.1) is 0 Å². The smallest absolute Gasteiger partial charge is 0.338 e. The van der Waals surface area contributed by atoms with E-state index in [1.165, 1.54) is 14.2 Å². The number of hydrogen-bond donors (Lipinski definition) is 4. The van der Waals surface area contributed by atoms with E-state index < -0.39 is 36.1 Å². The molecule has 0 radical (unpaired) electrons. The molecule has 4 amide bonds. The van der Waals surface area contributed by atoms with Gasteiger partial charge >= 0.3 is 24.0 Å². The van der Waals surface area contributed by atoms with Crippen LogP contribution in [-0.4, -0.2) is 71.4 Å². The molecule has 45 heavy (non-hydrogen) atoms. The van der Waals surface area contributed by atoms with E-state index in [0.717, 1.165) is 0 Å². The summed E-state index contributed by atoms with van der Waals surface area (Å²) in [6.07, 6.45) is 0. The summed E-state index contributed by atoms with van der Waals surface area (Å²) in [5, 5.41) is 10.7. The number of benzene rings is 2. The van der Waals surface area contributed by atoms with Crippen LogP contribution in [0.15, 0.2) is 71.1 Å². The van der Waals surface area contributed by atoms with E-state index in [2.05, 4.69) is 21.3 Å². The zero-order valence-electron chi connectivity index (χ0n) is 25.4. The molecule has 4 N–H and O–H groups in total. The fourth-order valence-corrected chi connectivity index (χ4v) is 4.84. The first-order valence-corrected chi connectivity index (χ1v) is 14.1. The lowest BCUT2D eigenvalue weighted by Gasteiger charge is -2.30. The number of ether oxygens (including phenoxy) is 6. The first-order chi connectivity index (χ1) is 21.7. The van der Waals surface area contributed by atoms with Gasteiger partial charge in [0.15, 0.2) is 0 Å². The zero-order chi connectivity index (χ0) is 32.3. The fourth-order valence-electron chi connectivity index (χ4n) is 4.84. The molecule has 0 spiro atoms. The SMILES string of the molecule is COCCOC(=O)C1=C(C)NC(=O)NC1c1ccccc1OCOc1ccccc1C1NC(=O)NC(C)=C1C(=O)OCCOC. The van der Waals surface area contributed by atoms with E-state index in [1.54, 1.807) is 62.4 Å². The molecule has 0 saturated carbocycles. The number of hydrogen-bond acceptors (Lipinski definition) is 10. The number of rotatable bonds is 14. The average molecular weight is 625 g/mol. The number of allylic oxidation sites excluding steroid dienone is 2. The Morgan fingerprint density at radius 2 is 1.04 bits per heavy atom. The van der Waals surface area contributed by atoms with E-state index in [4.69, 9.17) is 28.4 Å². The Morgan fingerprint density at radius 3 is 1.44 bits per heavy atom. The van der Waals surface area contributed by atoms with Crippen LogP contribution in [0.25, 0.3) is 0 Å². The summed E-state index contributed by atoms with van der Waals surface area (Å²) in [5.41, 5.74) is 2.09. The van der Waals surface area contributed by atoms with E-state index in [1.807, 2.05) is 0 Å². The molecule has 14 nitrogen and oxygen atoms in total. The summed E-state index contributed by atoms with van der Waals surface area (Å²) < 4.78 is 32.6. The van der Waals surface area contributed by atoms with Crippen molar-refractivity contribution in [3.63, 3.8) is 0 Å². The van der Waals surface area contributed by atoms with Crippen molar-refractivity contribution in [2.24, 2.45) is 0 Å². The van der Waals surface area contributed by atoms with Gasteiger partial charge in [0.25, 0.3) is 0 Å². The number of carbonyl (C=O) groups is 4. The Hall–Kier alpha value is -5.08. The zero-order valence-corrected chi connectivity index (χ0v) is 25.4. The summed E-state index contributed by atoms with van der Waals surface area (Å²) in [5.74, 6) is -0.562.